The summed E-state index contributed by atoms with van der Waals surface area (Å²) in [6, 6.07) is 5.50. The maximum Gasteiger partial charge on any atom is 0.138 e. The first-order valence-corrected chi connectivity index (χ1v) is 6.23. The summed E-state index contributed by atoms with van der Waals surface area (Å²) in [5.74, 6) is 0.614. The zero-order chi connectivity index (χ0) is 13.3. The minimum absolute atomic E-state index is 0.569. The van der Waals surface area contributed by atoms with Crippen molar-refractivity contribution < 1.29 is 4.74 Å². The normalized spacial score (nSPS) is 10.4. The lowest BCUT2D eigenvalue weighted by molar-refractivity contribution is 0.415. The molecule has 0 bridgehead atoms. The van der Waals surface area contributed by atoms with Gasteiger partial charge in [0, 0.05) is 11.3 Å². The van der Waals surface area contributed by atoms with Crippen molar-refractivity contribution in [3.63, 3.8) is 0 Å². The van der Waals surface area contributed by atoms with Crippen LogP contribution in [0.3, 0.4) is 0 Å². The number of ether oxygens (including phenoxy) is 1. The zero-order valence-electron chi connectivity index (χ0n) is 10.4. The fourth-order valence-electron chi connectivity index (χ4n) is 1.63. The number of aryl methyl sites for hydroxylation is 2. The first-order chi connectivity index (χ1) is 8.52. The highest BCUT2D eigenvalue weighted by atomic mass is 35.5. The molecule has 3 nitrogen and oxygen atoms in total. The van der Waals surface area contributed by atoms with Crippen LogP contribution in [-0.2, 0) is 0 Å². The Labute approximate surface area is 116 Å². The van der Waals surface area contributed by atoms with E-state index in [9.17, 15) is 0 Å². The van der Waals surface area contributed by atoms with Gasteiger partial charge >= 0.3 is 0 Å². The van der Waals surface area contributed by atoms with Gasteiger partial charge in [0.1, 0.15) is 16.1 Å². The summed E-state index contributed by atoms with van der Waals surface area (Å²) in [5, 5.41) is 0.569. The van der Waals surface area contributed by atoms with E-state index >= 15 is 0 Å². The van der Waals surface area contributed by atoms with Crippen LogP contribution in [0.1, 0.15) is 11.4 Å². The number of benzene rings is 1. The number of methoxy groups -OCH3 is 1. The predicted molar refractivity (Wildman–Crippen MR) is 75.9 cm³/mol. The van der Waals surface area contributed by atoms with E-state index in [1.165, 1.54) is 0 Å². The maximum atomic E-state index is 6.00. The van der Waals surface area contributed by atoms with Gasteiger partial charge in [0.15, 0.2) is 0 Å². The van der Waals surface area contributed by atoms with Crippen LogP contribution < -0.4 is 4.74 Å². The molecule has 1 aromatic heterocycles. The fourth-order valence-corrected chi connectivity index (χ4v) is 2.14. The molecular formula is C13H13ClN2OS. The molecule has 0 atom stereocenters. The zero-order valence-corrected chi connectivity index (χ0v) is 11.9. The molecule has 0 aliphatic rings. The Morgan fingerprint density at radius 2 is 2.06 bits per heavy atom. The van der Waals surface area contributed by atoms with Crippen LogP contribution in [0.2, 0.25) is 5.02 Å². The van der Waals surface area contributed by atoms with Crippen LogP contribution >= 0.6 is 23.8 Å². The van der Waals surface area contributed by atoms with E-state index in [4.69, 9.17) is 28.6 Å². The van der Waals surface area contributed by atoms with E-state index in [1.807, 2.05) is 26.0 Å². The molecule has 5 heteroatoms. The minimum atomic E-state index is 0.569. The van der Waals surface area contributed by atoms with Gasteiger partial charge in [-0.15, -0.1) is 0 Å². The summed E-state index contributed by atoms with van der Waals surface area (Å²) in [4.78, 5) is 7.65. The molecule has 0 aliphatic heterocycles. The lowest BCUT2D eigenvalue weighted by Crippen LogP contribution is -1.96. The number of H-pyrrole nitrogens is 1. The van der Waals surface area contributed by atoms with Crippen molar-refractivity contribution in [1.29, 1.82) is 0 Å². The highest BCUT2D eigenvalue weighted by molar-refractivity contribution is 7.71. The van der Waals surface area contributed by atoms with Gasteiger partial charge in [-0.05, 0) is 26.0 Å². The third kappa shape index (κ3) is 2.40. The van der Waals surface area contributed by atoms with Crippen molar-refractivity contribution in [2.24, 2.45) is 0 Å². The second kappa shape index (κ2) is 5.08. The quantitative estimate of drug-likeness (QED) is 0.842. The average Bonchev–Trinajstić information content (AvgIpc) is 2.35. The molecule has 2 aromatic rings. The third-order valence-electron chi connectivity index (χ3n) is 2.76. The van der Waals surface area contributed by atoms with E-state index in [1.54, 1.807) is 13.2 Å². The minimum Gasteiger partial charge on any atom is -0.495 e. The van der Waals surface area contributed by atoms with Gasteiger partial charge in [0.25, 0.3) is 0 Å². The van der Waals surface area contributed by atoms with Gasteiger partial charge < -0.3 is 9.72 Å². The molecule has 0 radical (unpaired) electrons. The van der Waals surface area contributed by atoms with Crippen molar-refractivity contribution in [1.82, 2.24) is 9.97 Å². The monoisotopic (exact) mass is 280 g/mol. The molecule has 18 heavy (non-hydrogen) atoms. The molecular weight excluding hydrogens is 268 g/mol. The topological polar surface area (TPSA) is 37.9 Å². The standard InChI is InChI=1S/C13H13ClN2OS/c1-7-8(2)16-13(18)12(15-7)9-4-5-10(14)11(6-9)17-3/h4-6H,1-3H3,(H,16,18). The number of rotatable bonds is 2. The number of hydrogen-bond donors (Lipinski definition) is 1. The molecule has 2 rings (SSSR count). The molecule has 0 saturated heterocycles. The van der Waals surface area contributed by atoms with Crippen molar-refractivity contribution in [3.05, 3.63) is 39.3 Å². The molecule has 0 amide bonds. The summed E-state index contributed by atoms with van der Waals surface area (Å²) in [6.07, 6.45) is 0. The summed E-state index contributed by atoms with van der Waals surface area (Å²) in [5.41, 5.74) is 3.53. The number of aromatic amines is 1. The van der Waals surface area contributed by atoms with Crippen LogP contribution in [0.5, 0.6) is 5.75 Å². The van der Waals surface area contributed by atoms with Gasteiger partial charge in [-0.1, -0.05) is 29.9 Å². The van der Waals surface area contributed by atoms with Gasteiger partial charge in [-0.25, -0.2) is 4.98 Å². The van der Waals surface area contributed by atoms with Gasteiger partial charge in [-0.2, -0.15) is 0 Å². The van der Waals surface area contributed by atoms with Crippen LogP contribution in [-0.4, -0.2) is 17.1 Å². The Morgan fingerprint density at radius 1 is 1.33 bits per heavy atom. The Morgan fingerprint density at radius 3 is 2.72 bits per heavy atom. The SMILES string of the molecule is COc1cc(-c2nc(C)c(C)[nH]c2=S)ccc1Cl. The van der Waals surface area contributed by atoms with Crippen LogP contribution in [0.15, 0.2) is 18.2 Å². The smallest absolute Gasteiger partial charge is 0.138 e. The lowest BCUT2D eigenvalue weighted by atomic mass is 10.1. The van der Waals surface area contributed by atoms with E-state index in [-0.39, 0.29) is 0 Å². The number of hydrogen-bond acceptors (Lipinski definition) is 3. The molecule has 0 fully saturated rings. The molecule has 0 aliphatic carbocycles. The second-order valence-corrected chi connectivity index (χ2v) is 4.79. The number of halogens is 1. The van der Waals surface area contributed by atoms with Crippen molar-refractivity contribution >= 4 is 23.8 Å². The van der Waals surface area contributed by atoms with Crippen LogP contribution in [0.25, 0.3) is 11.3 Å². The highest BCUT2D eigenvalue weighted by Gasteiger charge is 2.08. The summed E-state index contributed by atoms with van der Waals surface area (Å²) < 4.78 is 5.81. The fraction of sp³-hybridized carbons (Fsp3) is 0.231. The predicted octanol–water partition coefficient (Wildman–Crippen LogP) is 4.09. The first-order valence-electron chi connectivity index (χ1n) is 5.44. The highest BCUT2D eigenvalue weighted by Crippen LogP contribution is 2.30. The molecule has 1 aromatic carbocycles. The molecule has 0 spiro atoms. The summed E-state index contributed by atoms with van der Waals surface area (Å²) >= 11 is 11.3. The third-order valence-corrected chi connectivity index (χ3v) is 3.37. The molecule has 0 unspecified atom stereocenters. The second-order valence-electron chi connectivity index (χ2n) is 3.97. The maximum absolute atomic E-state index is 6.00. The molecule has 94 valence electrons. The van der Waals surface area contributed by atoms with E-state index in [2.05, 4.69) is 9.97 Å². The van der Waals surface area contributed by atoms with Gasteiger partial charge in [-0.3, -0.25) is 0 Å². The van der Waals surface area contributed by atoms with Gasteiger partial charge in [0.2, 0.25) is 0 Å². The van der Waals surface area contributed by atoms with Crippen molar-refractivity contribution in [2.75, 3.05) is 7.11 Å². The molecule has 1 heterocycles. The van der Waals surface area contributed by atoms with E-state index in [0.29, 0.717) is 15.4 Å². The number of aromatic nitrogens is 2. The van der Waals surface area contributed by atoms with Gasteiger partial charge in [0.05, 0.1) is 17.8 Å². The van der Waals surface area contributed by atoms with E-state index < -0.39 is 0 Å². The molecule has 0 saturated carbocycles. The van der Waals surface area contributed by atoms with Crippen LogP contribution in [0.4, 0.5) is 0 Å². The van der Waals surface area contributed by atoms with E-state index in [0.717, 1.165) is 22.6 Å². The average molecular weight is 281 g/mol. The van der Waals surface area contributed by atoms with Crippen molar-refractivity contribution in [3.8, 4) is 17.0 Å². The summed E-state index contributed by atoms with van der Waals surface area (Å²) in [6.45, 7) is 3.89. The Kier molecular flexibility index (Phi) is 3.68. The number of nitrogens with one attached hydrogen (secondary N) is 1. The Balaban J connectivity index is 2.62. The first kappa shape index (κ1) is 13.1. The Bertz CT molecular complexity index is 652. The summed E-state index contributed by atoms with van der Waals surface area (Å²) in [7, 11) is 1.58. The molecule has 1 N–H and O–H groups in total. The largest absolute Gasteiger partial charge is 0.495 e. The lowest BCUT2D eigenvalue weighted by Gasteiger charge is -2.08. The Hall–Kier alpha value is -1.39. The van der Waals surface area contributed by atoms with Crippen molar-refractivity contribution in [2.45, 2.75) is 13.8 Å². The van der Waals surface area contributed by atoms with Crippen LogP contribution in [0, 0.1) is 18.5 Å². The number of nitrogens with zero attached hydrogens (tertiary/aromatic N) is 1.